The predicted octanol–water partition coefficient (Wildman–Crippen LogP) is 1.50. The van der Waals surface area contributed by atoms with E-state index in [1.54, 1.807) is 0 Å². The van der Waals surface area contributed by atoms with Crippen LogP contribution in [0.4, 0.5) is 0 Å². The van der Waals surface area contributed by atoms with E-state index in [2.05, 4.69) is 12.1 Å². The lowest BCUT2D eigenvalue weighted by Crippen LogP contribution is -2.45. The number of hydrogen-bond acceptors (Lipinski definition) is 4. The maximum Gasteiger partial charge on any atom is 0.228 e. The topological polar surface area (TPSA) is 62.1 Å². The Kier molecular flexibility index (Phi) is 3.90. The van der Waals surface area contributed by atoms with Crippen LogP contribution in [0.3, 0.4) is 0 Å². The molecule has 1 amide bonds. The van der Waals surface area contributed by atoms with Gasteiger partial charge in [-0.25, -0.2) is 0 Å². The normalized spacial score (nSPS) is 36.8. The van der Waals surface area contributed by atoms with Crippen molar-refractivity contribution in [2.75, 3.05) is 13.1 Å². The molecule has 0 radical (unpaired) electrons. The average molecular weight is 254 g/mol. The van der Waals surface area contributed by atoms with Gasteiger partial charge in [0, 0.05) is 25.9 Å². The minimum absolute atomic E-state index is 0.00425. The highest BCUT2D eigenvalue weighted by molar-refractivity contribution is 5.88. The highest BCUT2D eigenvalue weighted by Gasteiger charge is 2.43. The minimum Gasteiger partial charge on any atom is -0.411 e. The fraction of sp³-hybridized carbons (Fsp3) is 0.846. The molecular weight excluding hydrogens is 232 g/mol. The molecule has 2 heterocycles. The molecule has 4 atom stereocenters. The zero-order chi connectivity index (χ0) is 13.3. The fourth-order valence-electron chi connectivity index (χ4n) is 2.99. The largest absolute Gasteiger partial charge is 0.411 e. The van der Waals surface area contributed by atoms with Crippen molar-refractivity contribution in [2.45, 2.75) is 45.8 Å². The van der Waals surface area contributed by atoms with Gasteiger partial charge in [-0.2, -0.15) is 0 Å². The highest BCUT2D eigenvalue weighted by Crippen LogP contribution is 2.33. The summed E-state index contributed by atoms with van der Waals surface area (Å²) in [5, 5.41) is 11.9. The Morgan fingerprint density at radius 1 is 1.28 bits per heavy atom. The van der Waals surface area contributed by atoms with Crippen molar-refractivity contribution in [3.05, 3.63) is 0 Å². The monoisotopic (exact) mass is 254 g/mol. The first-order valence-electron chi connectivity index (χ1n) is 6.68. The van der Waals surface area contributed by atoms with Crippen LogP contribution in [-0.2, 0) is 9.53 Å². The molecule has 1 N–H and O–H groups in total. The summed E-state index contributed by atoms with van der Waals surface area (Å²) in [5.41, 5.74) is 0.788. The second-order valence-electron chi connectivity index (χ2n) is 5.42. The van der Waals surface area contributed by atoms with Crippen LogP contribution in [0.25, 0.3) is 0 Å². The van der Waals surface area contributed by atoms with Crippen LogP contribution < -0.4 is 0 Å². The van der Waals surface area contributed by atoms with Crippen molar-refractivity contribution in [2.24, 2.45) is 17.0 Å². The number of carbonyl (C=O) groups excluding carboxylic acids is 1. The molecule has 2 fully saturated rings. The summed E-state index contributed by atoms with van der Waals surface area (Å²) in [7, 11) is 0. The molecule has 18 heavy (non-hydrogen) atoms. The number of likely N-dealkylation sites (tertiary alicyclic amines) is 1. The van der Waals surface area contributed by atoms with Crippen LogP contribution in [0.1, 0.15) is 33.6 Å². The smallest absolute Gasteiger partial charge is 0.228 e. The van der Waals surface area contributed by atoms with E-state index in [0.717, 1.165) is 5.71 Å². The lowest BCUT2D eigenvalue weighted by molar-refractivity contribution is -0.138. The van der Waals surface area contributed by atoms with E-state index in [4.69, 9.17) is 9.94 Å². The number of carbonyl (C=O) groups is 1. The van der Waals surface area contributed by atoms with Crippen LogP contribution >= 0.6 is 0 Å². The number of nitrogens with zero attached hydrogens (tertiary/aromatic N) is 2. The van der Waals surface area contributed by atoms with Crippen molar-refractivity contribution < 1.29 is 14.7 Å². The first-order valence-corrected chi connectivity index (χ1v) is 6.68. The van der Waals surface area contributed by atoms with Gasteiger partial charge in [0.25, 0.3) is 0 Å². The van der Waals surface area contributed by atoms with E-state index >= 15 is 0 Å². The average Bonchev–Trinajstić information content (AvgIpc) is 2.63. The van der Waals surface area contributed by atoms with Crippen LogP contribution in [0.5, 0.6) is 0 Å². The summed E-state index contributed by atoms with van der Waals surface area (Å²) in [6.45, 7) is 7.40. The molecule has 2 rings (SSSR count). The third-order valence-electron chi connectivity index (χ3n) is 4.32. The Morgan fingerprint density at radius 2 is 1.89 bits per heavy atom. The van der Waals surface area contributed by atoms with E-state index in [1.807, 2.05) is 18.7 Å². The SMILES string of the molecule is CC1OC(C)C(C(=O)N2CCC(=NO)CC2)C1C. The lowest BCUT2D eigenvalue weighted by Gasteiger charge is -2.31. The Bertz CT molecular complexity index is 346. The minimum atomic E-state index is -0.0346. The van der Waals surface area contributed by atoms with Gasteiger partial charge in [0.05, 0.1) is 23.8 Å². The second kappa shape index (κ2) is 5.26. The van der Waals surface area contributed by atoms with Gasteiger partial charge in [0.2, 0.25) is 5.91 Å². The van der Waals surface area contributed by atoms with Crippen LogP contribution in [-0.4, -0.2) is 47.0 Å². The molecule has 5 heteroatoms. The molecule has 2 aliphatic heterocycles. The van der Waals surface area contributed by atoms with E-state index in [9.17, 15) is 4.79 Å². The fourth-order valence-corrected chi connectivity index (χ4v) is 2.99. The third-order valence-corrected chi connectivity index (χ3v) is 4.32. The zero-order valence-corrected chi connectivity index (χ0v) is 11.3. The molecule has 2 aliphatic rings. The number of amides is 1. The molecule has 2 saturated heterocycles. The van der Waals surface area contributed by atoms with Gasteiger partial charge in [-0.15, -0.1) is 0 Å². The Morgan fingerprint density at radius 3 is 2.33 bits per heavy atom. The van der Waals surface area contributed by atoms with Crippen LogP contribution in [0.15, 0.2) is 5.16 Å². The lowest BCUT2D eigenvalue weighted by atomic mass is 9.88. The molecule has 4 unspecified atom stereocenters. The van der Waals surface area contributed by atoms with Crippen molar-refractivity contribution in [1.29, 1.82) is 0 Å². The van der Waals surface area contributed by atoms with Gasteiger partial charge in [-0.05, 0) is 19.8 Å². The Labute approximate surface area is 108 Å². The molecule has 0 aliphatic carbocycles. The van der Waals surface area contributed by atoms with Crippen molar-refractivity contribution in [3.8, 4) is 0 Å². The second-order valence-corrected chi connectivity index (χ2v) is 5.42. The number of rotatable bonds is 1. The molecule has 0 bridgehead atoms. The summed E-state index contributed by atoms with van der Waals surface area (Å²) in [6.07, 6.45) is 1.49. The Hall–Kier alpha value is -1.10. The number of hydrogen-bond donors (Lipinski definition) is 1. The maximum atomic E-state index is 12.5. The van der Waals surface area contributed by atoms with Gasteiger partial charge in [-0.1, -0.05) is 12.1 Å². The van der Waals surface area contributed by atoms with Gasteiger partial charge in [-0.3, -0.25) is 4.79 Å². The van der Waals surface area contributed by atoms with Crippen LogP contribution in [0.2, 0.25) is 0 Å². The summed E-state index contributed by atoms with van der Waals surface area (Å²) < 4.78 is 5.73. The molecule has 0 spiro atoms. The van der Waals surface area contributed by atoms with E-state index in [0.29, 0.717) is 25.9 Å². The molecule has 102 valence electrons. The predicted molar refractivity (Wildman–Crippen MR) is 67.7 cm³/mol. The van der Waals surface area contributed by atoms with E-state index in [1.165, 1.54) is 0 Å². The molecule has 5 nitrogen and oxygen atoms in total. The van der Waals surface area contributed by atoms with Gasteiger partial charge < -0.3 is 14.8 Å². The summed E-state index contributed by atoms with van der Waals surface area (Å²) in [6, 6.07) is 0. The van der Waals surface area contributed by atoms with E-state index in [-0.39, 0.29) is 30.0 Å². The number of oxime groups is 1. The van der Waals surface area contributed by atoms with Crippen LogP contribution in [0, 0.1) is 11.8 Å². The molecule has 0 aromatic carbocycles. The zero-order valence-electron chi connectivity index (χ0n) is 11.3. The molecular formula is C13H22N2O3. The standard InChI is InChI=1S/C13H22N2O3/c1-8-9(2)18-10(3)12(8)13(16)15-6-4-11(14-17)5-7-15/h8-10,12,17H,4-7H2,1-3H3. The molecule has 0 aromatic rings. The van der Waals surface area contributed by atoms with Gasteiger partial charge in [0.1, 0.15) is 0 Å². The number of ether oxygens (including phenoxy) is 1. The highest BCUT2D eigenvalue weighted by atomic mass is 16.5. The quantitative estimate of drug-likeness (QED) is 0.570. The van der Waals surface area contributed by atoms with E-state index < -0.39 is 0 Å². The maximum absolute atomic E-state index is 12.5. The van der Waals surface area contributed by atoms with Crippen molar-refractivity contribution in [3.63, 3.8) is 0 Å². The summed E-state index contributed by atoms with van der Waals surface area (Å²) >= 11 is 0. The third kappa shape index (κ3) is 2.36. The van der Waals surface area contributed by atoms with Gasteiger partial charge >= 0.3 is 0 Å². The number of piperidine rings is 1. The van der Waals surface area contributed by atoms with Crippen molar-refractivity contribution >= 4 is 11.6 Å². The van der Waals surface area contributed by atoms with Gasteiger partial charge in [0.15, 0.2) is 0 Å². The Balaban J connectivity index is 2.00. The molecule has 0 saturated carbocycles. The van der Waals surface area contributed by atoms with Crippen molar-refractivity contribution in [1.82, 2.24) is 4.90 Å². The first-order chi connectivity index (χ1) is 8.54. The summed E-state index contributed by atoms with van der Waals surface area (Å²) in [4.78, 5) is 14.4. The summed E-state index contributed by atoms with van der Waals surface area (Å²) in [5.74, 6) is 0.421. The first kappa shape index (κ1) is 13.3. The molecule has 0 aromatic heterocycles.